The summed E-state index contributed by atoms with van der Waals surface area (Å²) in [5.74, 6) is -1.87. The van der Waals surface area contributed by atoms with Gasteiger partial charge in [-0.3, -0.25) is 9.36 Å². The van der Waals surface area contributed by atoms with Gasteiger partial charge in [-0.1, -0.05) is 30.3 Å². The highest BCUT2D eigenvalue weighted by Gasteiger charge is 2.24. The van der Waals surface area contributed by atoms with Crippen LogP contribution in [0.2, 0.25) is 0 Å². The van der Waals surface area contributed by atoms with Crippen molar-refractivity contribution in [3.05, 3.63) is 76.3 Å². The van der Waals surface area contributed by atoms with Crippen LogP contribution >= 0.6 is 0 Å². The largest absolute Gasteiger partial charge is 0.462 e. The number of esters is 1. The molecule has 0 amide bonds. The SMILES string of the molecule is CCOC(=O)c1c(F)n(-c2ccccc2)c2ccccc2c1=O. The number of fused-ring (bicyclic) bond motifs is 1. The maximum Gasteiger partial charge on any atom is 0.346 e. The van der Waals surface area contributed by atoms with Gasteiger partial charge in [-0.15, -0.1) is 0 Å². The molecule has 0 N–H and O–H groups in total. The van der Waals surface area contributed by atoms with E-state index in [2.05, 4.69) is 0 Å². The Bertz CT molecular complexity index is 932. The highest BCUT2D eigenvalue weighted by molar-refractivity contribution is 5.94. The molecule has 0 spiro atoms. The van der Waals surface area contributed by atoms with Crippen LogP contribution in [0.5, 0.6) is 0 Å². The van der Waals surface area contributed by atoms with E-state index in [0.717, 1.165) is 0 Å². The summed E-state index contributed by atoms with van der Waals surface area (Å²) in [6.07, 6.45) is 0. The molecule has 0 aliphatic rings. The van der Waals surface area contributed by atoms with Crippen LogP contribution in [0.4, 0.5) is 4.39 Å². The standard InChI is InChI=1S/C18H14FNO3/c1-2-23-18(22)15-16(21)13-10-6-7-11-14(13)20(17(15)19)12-8-4-3-5-9-12/h3-11H,2H2,1H3. The Kier molecular flexibility index (Phi) is 3.93. The molecule has 3 aromatic rings. The molecule has 1 heterocycles. The van der Waals surface area contributed by atoms with Gasteiger partial charge < -0.3 is 4.74 Å². The Morgan fingerprint density at radius 1 is 1.09 bits per heavy atom. The van der Waals surface area contributed by atoms with Crippen molar-refractivity contribution in [2.75, 3.05) is 6.61 Å². The molecule has 0 saturated heterocycles. The van der Waals surface area contributed by atoms with Crippen molar-refractivity contribution in [1.82, 2.24) is 4.57 Å². The van der Waals surface area contributed by atoms with E-state index in [4.69, 9.17) is 4.74 Å². The second-order valence-electron chi connectivity index (χ2n) is 4.90. The van der Waals surface area contributed by atoms with Crippen molar-refractivity contribution in [2.45, 2.75) is 6.92 Å². The van der Waals surface area contributed by atoms with Crippen molar-refractivity contribution >= 4 is 16.9 Å². The number of rotatable bonds is 3. The van der Waals surface area contributed by atoms with Crippen molar-refractivity contribution in [1.29, 1.82) is 0 Å². The molecule has 116 valence electrons. The number of halogens is 1. The van der Waals surface area contributed by atoms with Crippen LogP contribution < -0.4 is 5.43 Å². The first-order valence-corrected chi connectivity index (χ1v) is 7.21. The number of nitrogens with zero attached hydrogens (tertiary/aromatic N) is 1. The van der Waals surface area contributed by atoms with Gasteiger partial charge in [-0.25, -0.2) is 4.79 Å². The van der Waals surface area contributed by atoms with E-state index >= 15 is 0 Å². The average molecular weight is 311 g/mol. The summed E-state index contributed by atoms with van der Waals surface area (Å²) in [4.78, 5) is 24.5. The number of carbonyl (C=O) groups is 1. The zero-order valence-corrected chi connectivity index (χ0v) is 12.5. The highest BCUT2D eigenvalue weighted by Crippen LogP contribution is 2.21. The third-order valence-corrected chi connectivity index (χ3v) is 3.51. The van der Waals surface area contributed by atoms with Crippen LogP contribution in [0, 0.1) is 5.95 Å². The summed E-state index contributed by atoms with van der Waals surface area (Å²) in [6, 6.07) is 15.3. The molecule has 3 rings (SSSR count). The van der Waals surface area contributed by atoms with Gasteiger partial charge in [-0.2, -0.15) is 4.39 Å². The highest BCUT2D eigenvalue weighted by atomic mass is 19.1. The van der Waals surface area contributed by atoms with Gasteiger partial charge >= 0.3 is 5.97 Å². The lowest BCUT2D eigenvalue weighted by Crippen LogP contribution is -2.24. The molecule has 0 saturated carbocycles. The van der Waals surface area contributed by atoms with Crippen LogP contribution in [0.3, 0.4) is 0 Å². The van der Waals surface area contributed by atoms with Crippen LogP contribution in [-0.4, -0.2) is 17.1 Å². The lowest BCUT2D eigenvalue weighted by atomic mass is 10.1. The summed E-state index contributed by atoms with van der Waals surface area (Å²) >= 11 is 0. The fraction of sp³-hybridized carbons (Fsp3) is 0.111. The molecular weight excluding hydrogens is 297 g/mol. The van der Waals surface area contributed by atoms with Gasteiger partial charge in [0.25, 0.3) is 0 Å². The molecule has 0 aliphatic carbocycles. The number of hydrogen-bond acceptors (Lipinski definition) is 3. The molecule has 1 aromatic heterocycles. The van der Waals surface area contributed by atoms with E-state index in [1.165, 1.54) is 4.57 Å². The quantitative estimate of drug-likeness (QED) is 0.551. The first kappa shape index (κ1) is 15.0. The number of benzene rings is 2. The minimum Gasteiger partial charge on any atom is -0.462 e. The molecule has 0 aliphatic heterocycles. The zero-order valence-electron chi connectivity index (χ0n) is 12.5. The summed E-state index contributed by atoms with van der Waals surface area (Å²) in [6.45, 7) is 1.67. The lowest BCUT2D eigenvalue weighted by molar-refractivity contribution is 0.0518. The molecule has 0 unspecified atom stereocenters. The third kappa shape index (κ3) is 2.50. The van der Waals surface area contributed by atoms with E-state index in [-0.39, 0.29) is 12.0 Å². The zero-order chi connectivity index (χ0) is 16.4. The number of hydrogen-bond donors (Lipinski definition) is 0. The molecule has 0 radical (unpaired) electrons. The van der Waals surface area contributed by atoms with Crippen molar-refractivity contribution in [2.24, 2.45) is 0 Å². The summed E-state index contributed by atoms with van der Waals surface area (Å²) in [7, 11) is 0. The lowest BCUT2D eigenvalue weighted by Gasteiger charge is -2.15. The average Bonchev–Trinajstić information content (AvgIpc) is 2.56. The maximum atomic E-state index is 15.0. The Morgan fingerprint density at radius 3 is 2.43 bits per heavy atom. The second kappa shape index (κ2) is 6.04. The summed E-state index contributed by atoms with van der Waals surface area (Å²) in [5.41, 5.74) is -0.320. The fourth-order valence-electron chi connectivity index (χ4n) is 2.52. The van der Waals surface area contributed by atoms with Gasteiger partial charge in [0.2, 0.25) is 11.4 Å². The predicted octanol–water partition coefficient (Wildman–Crippen LogP) is 3.31. The molecule has 0 bridgehead atoms. The molecule has 0 fully saturated rings. The number of para-hydroxylation sites is 2. The van der Waals surface area contributed by atoms with Gasteiger partial charge in [0, 0.05) is 11.1 Å². The van der Waals surface area contributed by atoms with Gasteiger partial charge in [0.1, 0.15) is 0 Å². The van der Waals surface area contributed by atoms with E-state index < -0.39 is 22.9 Å². The minimum absolute atomic E-state index is 0.0654. The number of pyridine rings is 1. The van der Waals surface area contributed by atoms with E-state index in [1.54, 1.807) is 61.5 Å². The Morgan fingerprint density at radius 2 is 1.74 bits per heavy atom. The minimum atomic E-state index is -0.953. The predicted molar refractivity (Wildman–Crippen MR) is 85.5 cm³/mol. The number of carbonyl (C=O) groups excluding carboxylic acids is 1. The van der Waals surface area contributed by atoms with Gasteiger partial charge in [0.05, 0.1) is 12.1 Å². The topological polar surface area (TPSA) is 48.3 Å². The first-order chi connectivity index (χ1) is 11.1. The van der Waals surface area contributed by atoms with Crippen molar-refractivity contribution in [3.63, 3.8) is 0 Å². The van der Waals surface area contributed by atoms with Crippen LogP contribution in [0.25, 0.3) is 16.6 Å². The van der Waals surface area contributed by atoms with Crippen LogP contribution in [0.1, 0.15) is 17.3 Å². The van der Waals surface area contributed by atoms with E-state index in [1.807, 2.05) is 0 Å². The second-order valence-corrected chi connectivity index (χ2v) is 4.90. The third-order valence-electron chi connectivity index (χ3n) is 3.51. The smallest absolute Gasteiger partial charge is 0.346 e. The monoisotopic (exact) mass is 311 g/mol. The number of ether oxygens (including phenoxy) is 1. The summed E-state index contributed by atoms with van der Waals surface area (Å²) < 4.78 is 21.1. The Balaban J connectivity index is 2.43. The number of aromatic nitrogens is 1. The van der Waals surface area contributed by atoms with Crippen molar-refractivity contribution in [3.8, 4) is 5.69 Å². The van der Waals surface area contributed by atoms with Gasteiger partial charge in [0.15, 0.2) is 5.56 Å². The van der Waals surface area contributed by atoms with Crippen LogP contribution in [0.15, 0.2) is 59.4 Å². The van der Waals surface area contributed by atoms with Crippen LogP contribution in [-0.2, 0) is 4.74 Å². The van der Waals surface area contributed by atoms with Gasteiger partial charge in [-0.05, 0) is 31.2 Å². The molecule has 0 atom stereocenters. The molecule has 23 heavy (non-hydrogen) atoms. The van der Waals surface area contributed by atoms with Crippen molar-refractivity contribution < 1.29 is 13.9 Å². The molecule has 5 heteroatoms. The first-order valence-electron chi connectivity index (χ1n) is 7.21. The maximum absolute atomic E-state index is 15.0. The summed E-state index contributed by atoms with van der Waals surface area (Å²) in [5, 5.41) is 0.265. The fourth-order valence-corrected chi connectivity index (χ4v) is 2.52. The molecule has 2 aromatic carbocycles. The molecular formula is C18H14FNO3. The van der Waals surface area contributed by atoms with E-state index in [9.17, 15) is 14.0 Å². The normalized spacial score (nSPS) is 10.7. The Hall–Kier alpha value is -2.95. The Labute approximate surface area is 131 Å². The van der Waals surface area contributed by atoms with E-state index in [0.29, 0.717) is 11.2 Å². The molecule has 4 nitrogen and oxygen atoms in total.